The second-order valence-corrected chi connectivity index (χ2v) is 3.59. The zero-order valence-electron chi connectivity index (χ0n) is 9.36. The second-order valence-electron chi connectivity index (χ2n) is 3.59. The van der Waals surface area contributed by atoms with Crippen molar-refractivity contribution in [2.45, 2.75) is 20.0 Å². The fraction of sp³-hybridized carbons (Fsp3) is 0.333. The molecule has 0 spiro atoms. The highest BCUT2D eigenvalue weighted by Crippen LogP contribution is 2.27. The van der Waals surface area contributed by atoms with Crippen LogP contribution in [0.2, 0.25) is 0 Å². The van der Waals surface area contributed by atoms with Crippen molar-refractivity contribution in [1.29, 1.82) is 0 Å². The Hall–Kier alpha value is -1.68. The first-order valence-electron chi connectivity index (χ1n) is 5.29. The van der Waals surface area contributed by atoms with E-state index >= 15 is 0 Å². The van der Waals surface area contributed by atoms with Crippen molar-refractivity contribution in [2.75, 3.05) is 11.9 Å². The summed E-state index contributed by atoms with van der Waals surface area (Å²) in [7, 11) is 0. The summed E-state index contributed by atoms with van der Waals surface area (Å²) < 4.78 is 5.38. The first-order valence-corrected chi connectivity index (χ1v) is 5.29. The summed E-state index contributed by atoms with van der Waals surface area (Å²) in [5.74, 6) is -0.159. The first-order chi connectivity index (χ1) is 7.72. The molecule has 1 N–H and O–H groups in total. The minimum absolute atomic E-state index is 0.159. The predicted molar refractivity (Wildman–Crippen MR) is 63.3 cm³/mol. The quantitative estimate of drug-likeness (QED) is 0.826. The molecular formula is C12H14N2O2. The van der Waals surface area contributed by atoms with E-state index in [0.29, 0.717) is 12.3 Å². The van der Waals surface area contributed by atoms with Crippen LogP contribution in [0.15, 0.2) is 29.3 Å². The fourth-order valence-electron chi connectivity index (χ4n) is 1.68. The number of rotatable bonds is 2. The molecule has 4 heteroatoms. The Labute approximate surface area is 94.3 Å². The number of carbonyl (C=O) groups is 1. The Kier molecular flexibility index (Phi) is 3.01. The third kappa shape index (κ3) is 1.97. The van der Waals surface area contributed by atoms with Gasteiger partial charge in [0.05, 0.1) is 17.1 Å². The van der Waals surface area contributed by atoms with E-state index in [4.69, 9.17) is 4.74 Å². The summed E-state index contributed by atoms with van der Waals surface area (Å²) >= 11 is 0. The molecule has 16 heavy (non-hydrogen) atoms. The second kappa shape index (κ2) is 4.45. The molecule has 0 radical (unpaired) electrons. The van der Waals surface area contributed by atoms with Gasteiger partial charge < -0.3 is 10.1 Å². The van der Waals surface area contributed by atoms with Crippen LogP contribution in [0.3, 0.4) is 0 Å². The summed E-state index contributed by atoms with van der Waals surface area (Å²) in [5, 5.41) is 2.81. The molecule has 1 aliphatic rings. The molecule has 0 bridgehead atoms. The van der Waals surface area contributed by atoms with Crippen LogP contribution in [-0.4, -0.2) is 24.3 Å². The van der Waals surface area contributed by atoms with Crippen LogP contribution in [0.1, 0.15) is 13.8 Å². The molecule has 84 valence electrons. The van der Waals surface area contributed by atoms with Crippen LogP contribution in [0.25, 0.3) is 0 Å². The van der Waals surface area contributed by atoms with Crippen molar-refractivity contribution in [3.63, 3.8) is 0 Å². The predicted octanol–water partition coefficient (Wildman–Crippen LogP) is 2.14. The molecule has 1 heterocycles. The van der Waals surface area contributed by atoms with Gasteiger partial charge in [0.25, 0.3) is 5.91 Å². The summed E-state index contributed by atoms with van der Waals surface area (Å²) in [6.07, 6.45) is -0.586. The number of amides is 1. The molecule has 0 saturated carbocycles. The molecular weight excluding hydrogens is 204 g/mol. The molecule has 0 saturated heterocycles. The highest BCUT2D eigenvalue weighted by atomic mass is 16.5. The number of aliphatic imine (C=N–C) groups is 1. The van der Waals surface area contributed by atoms with E-state index in [1.54, 1.807) is 0 Å². The fourth-order valence-corrected chi connectivity index (χ4v) is 1.68. The Morgan fingerprint density at radius 3 is 2.94 bits per heavy atom. The van der Waals surface area contributed by atoms with Crippen molar-refractivity contribution in [3.05, 3.63) is 24.3 Å². The number of fused-ring (bicyclic) bond motifs is 1. The van der Waals surface area contributed by atoms with Gasteiger partial charge in [-0.25, -0.2) is 0 Å². The molecule has 1 aromatic carbocycles. The number of nitrogens with one attached hydrogen (secondary N) is 1. The van der Waals surface area contributed by atoms with Gasteiger partial charge in [-0.2, -0.15) is 0 Å². The van der Waals surface area contributed by atoms with Gasteiger partial charge in [0, 0.05) is 6.61 Å². The number of hydrogen-bond donors (Lipinski definition) is 1. The number of ether oxygens (including phenoxy) is 1. The summed E-state index contributed by atoms with van der Waals surface area (Å²) in [6, 6.07) is 7.46. The van der Waals surface area contributed by atoms with E-state index in [1.165, 1.54) is 0 Å². The standard InChI is InChI=1S/C12H14N2O2/c1-3-16-11-8(2)13-9-6-4-5-7-10(9)14-12(11)15/h4-7,11H,3H2,1-2H3,(H,14,15). The number of para-hydroxylation sites is 2. The van der Waals surface area contributed by atoms with Crippen molar-refractivity contribution >= 4 is 23.0 Å². The van der Waals surface area contributed by atoms with Crippen LogP contribution < -0.4 is 5.32 Å². The smallest absolute Gasteiger partial charge is 0.259 e. The zero-order chi connectivity index (χ0) is 11.5. The van der Waals surface area contributed by atoms with Gasteiger partial charge in [-0.15, -0.1) is 0 Å². The SMILES string of the molecule is CCOC1C(=O)Nc2ccccc2N=C1C. The third-order valence-corrected chi connectivity index (χ3v) is 2.41. The lowest BCUT2D eigenvalue weighted by Gasteiger charge is -2.13. The Bertz CT molecular complexity index is 440. The highest BCUT2D eigenvalue weighted by molar-refractivity contribution is 6.14. The normalized spacial score (nSPS) is 19.5. The number of benzene rings is 1. The molecule has 0 fully saturated rings. The molecule has 1 aromatic rings. The van der Waals surface area contributed by atoms with Crippen LogP contribution >= 0.6 is 0 Å². The van der Waals surface area contributed by atoms with E-state index in [-0.39, 0.29) is 5.91 Å². The van der Waals surface area contributed by atoms with Crippen molar-refractivity contribution in [3.8, 4) is 0 Å². The van der Waals surface area contributed by atoms with E-state index in [0.717, 1.165) is 11.4 Å². The molecule has 1 unspecified atom stereocenters. The largest absolute Gasteiger partial charge is 0.363 e. The summed E-state index contributed by atoms with van der Waals surface area (Å²) in [4.78, 5) is 16.3. The van der Waals surface area contributed by atoms with Gasteiger partial charge >= 0.3 is 0 Å². The lowest BCUT2D eigenvalue weighted by Crippen LogP contribution is -2.35. The van der Waals surface area contributed by atoms with E-state index in [2.05, 4.69) is 10.3 Å². The minimum Gasteiger partial charge on any atom is -0.363 e. The van der Waals surface area contributed by atoms with Gasteiger partial charge in [-0.3, -0.25) is 9.79 Å². The Balaban J connectivity index is 2.39. The molecule has 0 aromatic heterocycles. The minimum atomic E-state index is -0.586. The lowest BCUT2D eigenvalue weighted by molar-refractivity contribution is -0.123. The Morgan fingerprint density at radius 1 is 1.44 bits per heavy atom. The van der Waals surface area contributed by atoms with Crippen LogP contribution in [0.5, 0.6) is 0 Å². The van der Waals surface area contributed by atoms with Gasteiger partial charge in [-0.1, -0.05) is 12.1 Å². The van der Waals surface area contributed by atoms with Gasteiger partial charge in [-0.05, 0) is 26.0 Å². The van der Waals surface area contributed by atoms with Crippen LogP contribution in [-0.2, 0) is 9.53 Å². The van der Waals surface area contributed by atoms with Crippen molar-refractivity contribution in [1.82, 2.24) is 0 Å². The third-order valence-electron chi connectivity index (χ3n) is 2.41. The maximum Gasteiger partial charge on any atom is 0.259 e. The number of nitrogens with zero attached hydrogens (tertiary/aromatic N) is 1. The van der Waals surface area contributed by atoms with Crippen LogP contribution in [0, 0.1) is 0 Å². The lowest BCUT2D eigenvalue weighted by atomic mass is 10.2. The maximum atomic E-state index is 11.9. The monoisotopic (exact) mass is 218 g/mol. The topological polar surface area (TPSA) is 50.7 Å². The molecule has 1 aliphatic heterocycles. The van der Waals surface area contributed by atoms with Gasteiger partial charge in [0.2, 0.25) is 0 Å². The zero-order valence-corrected chi connectivity index (χ0v) is 9.36. The van der Waals surface area contributed by atoms with E-state index in [1.807, 2.05) is 38.1 Å². The molecule has 1 atom stereocenters. The molecule has 2 rings (SSSR count). The van der Waals surface area contributed by atoms with Crippen molar-refractivity contribution < 1.29 is 9.53 Å². The number of hydrogen-bond acceptors (Lipinski definition) is 3. The number of carbonyl (C=O) groups excluding carboxylic acids is 1. The van der Waals surface area contributed by atoms with Gasteiger partial charge in [0.15, 0.2) is 6.10 Å². The average Bonchev–Trinajstić information content (AvgIpc) is 2.38. The van der Waals surface area contributed by atoms with Crippen molar-refractivity contribution in [2.24, 2.45) is 4.99 Å². The molecule has 0 aliphatic carbocycles. The van der Waals surface area contributed by atoms with E-state index in [9.17, 15) is 4.79 Å². The van der Waals surface area contributed by atoms with Gasteiger partial charge in [0.1, 0.15) is 0 Å². The average molecular weight is 218 g/mol. The Morgan fingerprint density at radius 2 is 2.19 bits per heavy atom. The highest BCUT2D eigenvalue weighted by Gasteiger charge is 2.25. The molecule has 4 nitrogen and oxygen atoms in total. The first kappa shape index (κ1) is 10.8. The number of anilines is 1. The summed E-state index contributed by atoms with van der Waals surface area (Å²) in [6.45, 7) is 4.15. The maximum absolute atomic E-state index is 11.9. The molecule has 1 amide bonds. The summed E-state index contributed by atoms with van der Waals surface area (Å²) in [5.41, 5.74) is 2.19. The van der Waals surface area contributed by atoms with Crippen LogP contribution in [0.4, 0.5) is 11.4 Å². The van der Waals surface area contributed by atoms with E-state index < -0.39 is 6.10 Å².